The lowest BCUT2D eigenvalue weighted by Gasteiger charge is -1.98. The van der Waals surface area contributed by atoms with E-state index in [1.807, 2.05) is 0 Å². The van der Waals surface area contributed by atoms with Crippen LogP contribution < -0.4 is 0 Å². The lowest BCUT2D eigenvalue weighted by atomic mass is 10.3. The highest BCUT2D eigenvalue weighted by atomic mass is 32.2. The van der Waals surface area contributed by atoms with Crippen molar-refractivity contribution in [1.82, 2.24) is 0 Å². The zero-order chi connectivity index (χ0) is 7.40. The van der Waals surface area contributed by atoms with E-state index in [0.717, 1.165) is 10.9 Å². The van der Waals surface area contributed by atoms with Crippen LogP contribution in [0.2, 0.25) is 0 Å². The minimum atomic E-state index is 0.774. The van der Waals surface area contributed by atoms with E-state index < -0.39 is 0 Å². The minimum Gasteiger partial charge on any atom is -0.0841 e. The van der Waals surface area contributed by atoms with E-state index in [4.69, 9.17) is 0 Å². The molecule has 0 aromatic carbocycles. The highest BCUT2D eigenvalue weighted by molar-refractivity contribution is 7.97. The second kappa shape index (κ2) is 4.07. The smallest absolute Gasteiger partial charge is 0.0841 e. The van der Waals surface area contributed by atoms with E-state index in [9.17, 15) is 0 Å². The molecule has 0 spiro atoms. The Hall–Kier alpha value is 0.0900. The number of allylic oxidation sites excluding steroid dienone is 1. The summed E-state index contributed by atoms with van der Waals surface area (Å²) in [7, 11) is 0.774. The molecule has 0 N–H and O–H groups in total. The van der Waals surface area contributed by atoms with Gasteiger partial charge in [-0.2, -0.15) is 0 Å². The second-order valence-corrected chi connectivity index (χ2v) is 5.34. The fraction of sp³-hybridized carbons (Fsp3) is 0.778. The van der Waals surface area contributed by atoms with Crippen LogP contribution in [0.25, 0.3) is 0 Å². The molecule has 1 fully saturated rings. The Morgan fingerprint density at radius 3 is 2.50 bits per heavy atom. The van der Waals surface area contributed by atoms with Crippen molar-refractivity contribution in [3.63, 3.8) is 0 Å². The van der Waals surface area contributed by atoms with Crippen molar-refractivity contribution in [3.05, 3.63) is 11.6 Å². The third-order valence-corrected chi connectivity index (χ3v) is 4.64. The fourth-order valence-corrected chi connectivity index (χ4v) is 3.79. The summed E-state index contributed by atoms with van der Waals surface area (Å²) in [6.45, 7) is 4.40. The van der Waals surface area contributed by atoms with Gasteiger partial charge in [-0.05, 0) is 43.2 Å². The molecular formula is C9H17S+. The Morgan fingerprint density at radius 1 is 1.40 bits per heavy atom. The zero-order valence-electron chi connectivity index (χ0n) is 7.02. The molecule has 0 saturated carbocycles. The Morgan fingerprint density at radius 2 is 2.00 bits per heavy atom. The first-order valence-electron chi connectivity index (χ1n) is 4.09. The van der Waals surface area contributed by atoms with Crippen molar-refractivity contribution in [2.75, 3.05) is 17.3 Å². The van der Waals surface area contributed by atoms with Gasteiger partial charge in [0.15, 0.2) is 0 Å². The van der Waals surface area contributed by atoms with Crippen molar-refractivity contribution in [1.29, 1.82) is 0 Å². The van der Waals surface area contributed by atoms with Crippen LogP contribution in [-0.2, 0) is 10.9 Å². The van der Waals surface area contributed by atoms with Crippen LogP contribution in [0.15, 0.2) is 11.6 Å². The molecule has 0 bridgehead atoms. The van der Waals surface area contributed by atoms with E-state index >= 15 is 0 Å². The normalized spacial score (nSPS) is 22.0. The summed E-state index contributed by atoms with van der Waals surface area (Å²) in [4.78, 5) is 0. The molecule has 58 valence electrons. The third-order valence-electron chi connectivity index (χ3n) is 2.04. The molecule has 1 aliphatic rings. The molecular weight excluding hydrogens is 140 g/mol. The number of hydrogen-bond donors (Lipinski definition) is 0. The number of rotatable bonds is 2. The molecule has 1 rings (SSSR count). The zero-order valence-corrected chi connectivity index (χ0v) is 7.84. The average Bonchev–Trinajstić information content (AvgIpc) is 2.40. The molecule has 1 heterocycles. The summed E-state index contributed by atoms with van der Waals surface area (Å²) in [5.74, 6) is 4.40. The molecule has 1 saturated heterocycles. The largest absolute Gasteiger partial charge is 0.129 e. The molecule has 1 aliphatic heterocycles. The molecule has 1 heteroatoms. The first-order valence-corrected chi connectivity index (χ1v) is 5.82. The van der Waals surface area contributed by atoms with Gasteiger partial charge in [-0.25, -0.2) is 0 Å². The molecule has 0 aromatic heterocycles. The van der Waals surface area contributed by atoms with Crippen LogP contribution in [0, 0.1) is 0 Å². The standard InChI is InChI=1S/C9H17S/c1-3-9(2)8-10-6-4-5-7-10/h3H,4-8H2,1-2H3/q+1/b9-3-. The Kier molecular flexibility index (Phi) is 3.33. The predicted octanol–water partition coefficient (Wildman–Crippen LogP) is 2.36. The average molecular weight is 157 g/mol. The fourth-order valence-electron chi connectivity index (χ4n) is 1.26. The summed E-state index contributed by atoms with van der Waals surface area (Å²) in [5.41, 5.74) is 1.59. The van der Waals surface area contributed by atoms with Crippen LogP contribution in [0.5, 0.6) is 0 Å². The first-order chi connectivity index (χ1) is 4.83. The lowest BCUT2D eigenvalue weighted by molar-refractivity contribution is 0.949. The Bertz CT molecular complexity index is 121. The van der Waals surface area contributed by atoms with Crippen molar-refractivity contribution >= 4 is 10.9 Å². The molecule has 10 heavy (non-hydrogen) atoms. The van der Waals surface area contributed by atoms with Gasteiger partial charge < -0.3 is 0 Å². The quantitative estimate of drug-likeness (QED) is 0.426. The van der Waals surface area contributed by atoms with Gasteiger partial charge in [0.2, 0.25) is 0 Å². The van der Waals surface area contributed by atoms with Crippen LogP contribution in [0.3, 0.4) is 0 Å². The van der Waals surface area contributed by atoms with E-state index in [-0.39, 0.29) is 0 Å². The first kappa shape index (κ1) is 8.19. The van der Waals surface area contributed by atoms with Gasteiger partial charge in [0.1, 0.15) is 17.3 Å². The molecule has 0 aliphatic carbocycles. The van der Waals surface area contributed by atoms with E-state index in [1.165, 1.54) is 30.1 Å². The highest BCUT2D eigenvalue weighted by Crippen LogP contribution is 2.15. The summed E-state index contributed by atoms with van der Waals surface area (Å²) in [6, 6.07) is 0. The molecule has 0 unspecified atom stereocenters. The summed E-state index contributed by atoms with van der Waals surface area (Å²) in [6.07, 6.45) is 5.23. The van der Waals surface area contributed by atoms with Crippen LogP contribution in [0.4, 0.5) is 0 Å². The molecule has 0 nitrogen and oxygen atoms in total. The van der Waals surface area contributed by atoms with Crippen molar-refractivity contribution in [3.8, 4) is 0 Å². The van der Waals surface area contributed by atoms with Crippen LogP contribution in [-0.4, -0.2) is 17.3 Å². The Balaban J connectivity index is 2.24. The monoisotopic (exact) mass is 157 g/mol. The van der Waals surface area contributed by atoms with Gasteiger partial charge in [0.25, 0.3) is 0 Å². The maximum absolute atomic E-state index is 2.26. The maximum Gasteiger partial charge on any atom is 0.129 e. The van der Waals surface area contributed by atoms with Gasteiger partial charge >= 0.3 is 0 Å². The van der Waals surface area contributed by atoms with E-state index in [2.05, 4.69) is 19.9 Å². The van der Waals surface area contributed by atoms with Gasteiger partial charge in [-0.3, -0.25) is 0 Å². The minimum absolute atomic E-state index is 0.774. The molecule has 0 aromatic rings. The van der Waals surface area contributed by atoms with Gasteiger partial charge in [-0.15, -0.1) is 0 Å². The van der Waals surface area contributed by atoms with Gasteiger partial charge in [0.05, 0.1) is 0 Å². The molecule has 0 atom stereocenters. The lowest BCUT2D eigenvalue weighted by Crippen LogP contribution is -2.09. The number of hydrogen-bond acceptors (Lipinski definition) is 0. The van der Waals surface area contributed by atoms with E-state index in [1.54, 1.807) is 5.57 Å². The SMILES string of the molecule is C/C=C(/C)C[S+]1CCCC1. The summed E-state index contributed by atoms with van der Waals surface area (Å²) >= 11 is 0. The third kappa shape index (κ3) is 2.37. The van der Waals surface area contributed by atoms with Crippen LogP contribution >= 0.6 is 0 Å². The molecule has 0 amide bonds. The molecule has 0 radical (unpaired) electrons. The van der Waals surface area contributed by atoms with Crippen molar-refractivity contribution in [2.24, 2.45) is 0 Å². The second-order valence-electron chi connectivity index (χ2n) is 3.01. The summed E-state index contributed by atoms with van der Waals surface area (Å²) < 4.78 is 0. The Labute approximate surface area is 67.1 Å². The van der Waals surface area contributed by atoms with Gasteiger partial charge in [-0.1, -0.05) is 6.08 Å². The predicted molar refractivity (Wildman–Crippen MR) is 50.6 cm³/mol. The maximum atomic E-state index is 2.26. The van der Waals surface area contributed by atoms with E-state index in [0.29, 0.717) is 0 Å². The summed E-state index contributed by atoms with van der Waals surface area (Å²) in [5, 5.41) is 0. The topological polar surface area (TPSA) is 0 Å². The van der Waals surface area contributed by atoms with Gasteiger partial charge in [0, 0.05) is 0 Å². The van der Waals surface area contributed by atoms with Crippen LogP contribution in [0.1, 0.15) is 26.7 Å². The van der Waals surface area contributed by atoms with Crippen molar-refractivity contribution in [2.45, 2.75) is 26.7 Å². The van der Waals surface area contributed by atoms with Crippen molar-refractivity contribution < 1.29 is 0 Å². The highest BCUT2D eigenvalue weighted by Gasteiger charge is 2.23.